The second kappa shape index (κ2) is 4.31. The van der Waals surface area contributed by atoms with Crippen molar-refractivity contribution in [1.82, 2.24) is 5.32 Å². The highest BCUT2D eigenvalue weighted by atomic mass is 16.5. The highest BCUT2D eigenvalue weighted by molar-refractivity contribution is 5.80. The Hall–Kier alpha value is -1.55. The quantitative estimate of drug-likeness (QED) is 0.782. The number of ether oxygens (including phenoxy) is 1. The first-order valence-corrected chi connectivity index (χ1v) is 4.61. The Morgan fingerprint density at radius 1 is 1.40 bits per heavy atom. The van der Waals surface area contributed by atoms with Gasteiger partial charge in [0.2, 0.25) is 0 Å². The normalized spacial score (nSPS) is 14.3. The topological polar surface area (TPSA) is 58.6 Å². The number of hydrogen-bond acceptors (Lipinski definition) is 3. The second-order valence-electron chi connectivity index (χ2n) is 3.41. The van der Waals surface area contributed by atoms with Gasteiger partial charge < -0.3 is 15.2 Å². The fourth-order valence-corrected chi connectivity index (χ4v) is 1.30. The van der Waals surface area contributed by atoms with Gasteiger partial charge in [-0.15, -0.1) is 0 Å². The van der Waals surface area contributed by atoms with Crippen LogP contribution in [0.4, 0.5) is 0 Å². The summed E-state index contributed by atoms with van der Waals surface area (Å²) >= 11 is 0. The summed E-state index contributed by atoms with van der Waals surface area (Å²) in [7, 11) is 3.20. The average molecular weight is 209 g/mol. The fraction of sp³-hybridized carbons (Fsp3) is 0.364. The highest BCUT2D eigenvalue weighted by Gasteiger charge is 2.33. The molecule has 0 aromatic heterocycles. The van der Waals surface area contributed by atoms with Gasteiger partial charge in [-0.05, 0) is 31.7 Å². The molecule has 0 radical (unpaired) electrons. The highest BCUT2D eigenvalue weighted by Crippen LogP contribution is 2.22. The molecule has 0 spiro atoms. The molecule has 1 aromatic carbocycles. The van der Waals surface area contributed by atoms with Crippen LogP contribution in [0.15, 0.2) is 24.3 Å². The number of carboxylic acids is 1. The first kappa shape index (κ1) is 11.5. The first-order valence-electron chi connectivity index (χ1n) is 4.61. The summed E-state index contributed by atoms with van der Waals surface area (Å²) in [5, 5.41) is 11.9. The fourth-order valence-electron chi connectivity index (χ4n) is 1.30. The molecule has 82 valence electrons. The van der Waals surface area contributed by atoms with Crippen LogP contribution in [-0.2, 0) is 10.3 Å². The third-order valence-corrected chi connectivity index (χ3v) is 2.60. The van der Waals surface area contributed by atoms with E-state index < -0.39 is 11.5 Å². The van der Waals surface area contributed by atoms with E-state index in [1.54, 1.807) is 45.3 Å². The number of rotatable bonds is 4. The maximum absolute atomic E-state index is 11.1. The van der Waals surface area contributed by atoms with E-state index in [2.05, 4.69) is 5.32 Å². The summed E-state index contributed by atoms with van der Waals surface area (Å²) in [4.78, 5) is 11.1. The molecule has 0 aliphatic carbocycles. The Morgan fingerprint density at radius 2 is 1.93 bits per heavy atom. The van der Waals surface area contributed by atoms with Crippen LogP contribution in [0.1, 0.15) is 12.5 Å². The van der Waals surface area contributed by atoms with Crippen molar-refractivity contribution < 1.29 is 14.6 Å². The van der Waals surface area contributed by atoms with Gasteiger partial charge in [-0.3, -0.25) is 0 Å². The molecule has 0 aliphatic rings. The summed E-state index contributed by atoms with van der Waals surface area (Å²) in [5.41, 5.74) is -0.370. The number of nitrogens with one attached hydrogen (secondary N) is 1. The molecule has 0 amide bonds. The van der Waals surface area contributed by atoms with Crippen LogP contribution in [0.3, 0.4) is 0 Å². The lowest BCUT2D eigenvalue weighted by Crippen LogP contribution is -2.44. The van der Waals surface area contributed by atoms with Gasteiger partial charge in [0.25, 0.3) is 0 Å². The molecule has 0 bridgehead atoms. The van der Waals surface area contributed by atoms with Gasteiger partial charge in [0, 0.05) is 0 Å². The molecule has 1 atom stereocenters. The lowest BCUT2D eigenvalue weighted by molar-refractivity contribution is -0.144. The Labute approximate surface area is 88.9 Å². The smallest absolute Gasteiger partial charge is 0.328 e. The minimum Gasteiger partial charge on any atom is -0.497 e. The Balaban J connectivity index is 3.08. The maximum Gasteiger partial charge on any atom is 0.328 e. The van der Waals surface area contributed by atoms with Crippen molar-refractivity contribution in [2.45, 2.75) is 12.5 Å². The van der Waals surface area contributed by atoms with Gasteiger partial charge in [0.1, 0.15) is 11.3 Å². The van der Waals surface area contributed by atoms with Gasteiger partial charge in [-0.25, -0.2) is 4.79 Å². The van der Waals surface area contributed by atoms with Crippen molar-refractivity contribution >= 4 is 5.97 Å². The first-order chi connectivity index (χ1) is 7.04. The molecule has 1 aromatic rings. The number of likely N-dealkylation sites (N-methyl/N-ethyl adjacent to an activating group) is 1. The van der Waals surface area contributed by atoms with E-state index >= 15 is 0 Å². The van der Waals surface area contributed by atoms with Gasteiger partial charge in [0.05, 0.1) is 7.11 Å². The Bertz CT molecular complexity index is 347. The molecule has 0 unspecified atom stereocenters. The molecular formula is C11H15NO3. The lowest BCUT2D eigenvalue weighted by Gasteiger charge is -2.24. The van der Waals surface area contributed by atoms with E-state index in [0.29, 0.717) is 11.3 Å². The largest absolute Gasteiger partial charge is 0.497 e. The zero-order chi connectivity index (χ0) is 11.5. The van der Waals surface area contributed by atoms with Crippen LogP contribution in [0.5, 0.6) is 5.75 Å². The van der Waals surface area contributed by atoms with Crippen molar-refractivity contribution in [3.8, 4) is 5.75 Å². The Morgan fingerprint density at radius 3 is 2.27 bits per heavy atom. The van der Waals surface area contributed by atoms with Crippen molar-refractivity contribution in [3.05, 3.63) is 29.8 Å². The van der Waals surface area contributed by atoms with Crippen molar-refractivity contribution in [2.75, 3.05) is 14.2 Å². The van der Waals surface area contributed by atoms with Gasteiger partial charge in [-0.1, -0.05) is 12.1 Å². The Kier molecular flexibility index (Phi) is 3.31. The van der Waals surface area contributed by atoms with Gasteiger partial charge >= 0.3 is 5.97 Å². The van der Waals surface area contributed by atoms with Crippen LogP contribution in [-0.4, -0.2) is 25.2 Å². The molecule has 1 rings (SSSR count). The van der Waals surface area contributed by atoms with Crippen LogP contribution < -0.4 is 10.1 Å². The van der Waals surface area contributed by atoms with E-state index in [0.717, 1.165) is 0 Å². The molecule has 0 heterocycles. The molecule has 0 fully saturated rings. The molecule has 0 saturated heterocycles. The lowest BCUT2D eigenvalue weighted by atomic mass is 9.92. The minimum atomic E-state index is -1.06. The standard InChI is InChI=1S/C11H15NO3/c1-11(12-2,10(13)14)8-4-6-9(15-3)7-5-8/h4-7,12H,1-3H3,(H,13,14)/t11-/m0/s1. The molecule has 4 nitrogen and oxygen atoms in total. The monoisotopic (exact) mass is 209 g/mol. The molecular weight excluding hydrogens is 194 g/mol. The summed E-state index contributed by atoms with van der Waals surface area (Å²) in [6.07, 6.45) is 0. The number of carboxylic acid groups (broad SMARTS) is 1. The van der Waals surface area contributed by atoms with Crippen molar-refractivity contribution in [2.24, 2.45) is 0 Å². The predicted molar refractivity (Wildman–Crippen MR) is 57.0 cm³/mol. The zero-order valence-corrected chi connectivity index (χ0v) is 9.07. The van der Waals surface area contributed by atoms with Gasteiger partial charge in [-0.2, -0.15) is 0 Å². The van der Waals surface area contributed by atoms with E-state index in [-0.39, 0.29) is 0 Å². The second-order valence-corrected chi connectivity index (χ2v) is 3.41. The number of hydrogen-bond donors (Lipinski definition) is 2. The molecule has 15 heavy (non-hydrogen) atoms. The van der Waals surface area contributed by atoms with Crippen molar-refractivity contribution in [1.29, 1.82) is 0 Å². The van der Waals surface area contributed by atoms with E-state index in [9.17, 15) is 4.79 Å². The van der Waals surface area contributed by atoms with Crippen LogP contribution in [0.25, 0.3) is 0 Å². The summed E-state index contributed by atoms with van der Waals surface area (Å²) < 4.78 is 5.01. The maximum atomic E-state index is 11.1. The third kappa shape index (κ3) is 2.10. The molecule has 2 N–H and O–H groups in total. The van der Waals surface area contributed by atoms with Gasteiger partial charge in [0.15, 0.2) is 0 Å². The summed E-state index contributed by atoms with van der Waals surface area (Å²) in [6.45, 7) is 1.62. The van der Waals surface area contributed by atoms with E-state index in [1.165, 1.54) is 0 Å². The van der Waals surface area contributed by atoms with Crippen LogP contribution in [0.2, 0.25) is 0 Å². The number of carbonyl (C=O) groups is 1. The summed E-state index contributed by atoms with van der Waals surface area (Å²) in [5.74, 6) is -0.197. The zero-order valence-electron chi connectivity index (χ0n) is 9.07. The molecule has 0 saturated carbocycles. The van der Waals surface area contributed by atoms with Crippen LogP contribution in [0, 0.1) is 0 Å². The third-order valence-electron chi connectivity index (χ3n) is 2.60. The predicted octanol–water partition coefficient (Wildman–Crippen LogP) is 1.21. The molecule has 4 heteroatoms. The van der Waals surface area contributed by atoms with Crippen LogP contribution >= 0.6 is 0 Å². The van der Waals surface area contributed by atoms with E-state index in [4.69, 9.17) is 9.84 Å². The number of aliphatic carboxylic acids is 1. The van der Waals surface area contributed by atoms with E-state index in [1.807, 2.05) is 0 Å². The molecule has 0 aliphatic heterocycles. The number of methoxy groups -OCH3 is 1. The number of benzene rings is 1. The van der Waals surface area contributed by atoms with Crippen molar-refractivity contribution in [3.63, 3.8) is 0 Å². The SMILES string of the molecule is CN[C@](C)(C(=O)O)c1ccc(OC)cc1. The minimum absolute atomic E-state index is 0.693. The summed E-state index contributed by atoms with van der Waals surface area (Å²) in [6, 6.07) is 6.97. The average Bonchev–Trinajstić information content (AvgIpc) is 2.28.